The van der Waals surface area contributed by atoms with Gasteiger partial charge < -0.3 is 4.74 Å². The van der Waals surface area contributed by atoms with Crippen LogP contribution in [-0.2, 0) is 10.8 Å². The van der Waals surface area contributed by atoms with Crippen molar-refractivity contribution in [1.82, 2.24) is 9.97 Å². The van der Waals surface area contributed by atoms with E-state index in [-0.39, 0.29) is 5.41 Å². The molecule has 1 spiro atoms. The second kappa shape index (κ2) is 14.2. The van der Waals surface area contributed by atoms with Crippen molar-refractivity contribution in [2.24, 2.45) is 0 Å². The molecule has 0 saturated carbocycles. The Morgan fingerprint density at radius 2 is 0.785 bits per heavy atom. The lowest BCUT2D eigenvalue weighted by Gasteiger charge is -2.50. The Labute approximate surface area is 378 Å². The predicted molar refractivity (Wildman–Crippen MR) is 267 cm³/mol. The van der Waals surface area contributed by atoms with Crippen LogP contribution in [0.1, 0.15) is 47.2 Å². The Hall–Kier alpha value is -8.14. The lowest BCUT2D eigenvalue weighted by atomic mass is 9.53. The highest BCUT2D eigenvalue weighted by molar-refractivity contribution is 6.25. The Morgan fingerprint density at radius 3 is 1.46 bits per heavy atom. The summed E-state index contributed by atoms with van der Waals surface area (Å²) in [6, 6.07) is 78.9. The fourth-order valence-corrected chi connectivity index (χ4v) is 11.2. The summed E-state index contributed by atoms with van der Waals surface area (Å²) < 4.78 is 6.69. The Kier molecular flexibility index (Phi) is 8.17. The highest BCUT2D eigenvalue weighted by Gasteiger charge is 2.52. The minimum atomic E-state index is -0.593. The smallest absolute Gasteiger partial charge is 0.160 e. The van der Waals surface area contributed by atoms with Crippen LogP contribution in [0, 0.1) is 0 Å². The molecule has 0 atom stereocenters. The maximum absolute atomic E-state index is 6.69. The van der Waals surface area contributed by atoms with Crippen molar-refractivity contribution in [2.45, 2.75) is 24.7 Å². The van der Waals surface area contributed by atoms with E-state index >= 15 is 0 Å². The number of hydrogen-bond donors (Lipinski definition) is 0. The zero-order valence-electron chi connectivity index (χ0n) is 36.1. The molecule has 1 aromatic heterocycles. The number of rotatable bonds is 4. The van der Waals surface area contributed by atoms with Gasteiger partial charge in [-0.1, -0.05) is 196 Å². The minimum Gasteiger partial charge on any atom is -0.457 e. The molecule has 3 nitrogen and oxygen atoms in total. The number of aromatic nitrogens is 2. The first-order valence-electron chi connectivity index (χ1n) is 22.5. The van der Waals surface area contributed by atoms with Crippen molar-refractivity contribution in [3.05, 3.63) is 252 Å². The van der Waals surface area contributed by atoms with Gasteiger partial charge in [0.2, 0.25) is 0 Å². The number of ether oxygens (including phenoxy) is 1. The van der Waals surface area contributed by atoms with Crippen molar-refractivity contribution in [3.63, 3.8) is 0 Å². The van der Waals surface area contributed by atoms with Crippen LogP contribution in [-0.4, -0.2) is 9.97 Å². The van der Waals surface area contributed by atoms with Gasteiger partial charge in [-0.05, 0) is 102 Å². The molecule has 11 aromatic rings. The van der Waals surface area contributed by atoms with E-state index in [1.54, 1.807) is 0 Å². The molecule has 0 radical (unpaired) electrons. The molecule has 0 unspecified atom stereocenters. The van der Waals surface area contributed by atoms with E-state index in [1.807, 2.05) is 0 Å². The standard InChI is InChI=1S/C62H42N2O/c1-61(2)50-25-10-11-26-52(50)62(53-27-12-14-29-58(53)65-59-30-15-13-28-54(59)62)55-37-41(32-34-51(55)61)40-19-16-20-42(35-40)57-38-56(39-17-4-3-5-18-39)63-60(64-57)43-31-33-48-46-23-7-6-21-44(46)45-22-8-9-24-47(45)49(48)36-43/h3-38H,1-2H3. The highest BCUT2D eigenvalue weighted by Crippen LogP contribution is 2.61. The van der Waals surface area contributed by atoms with Gasteiger partial charge in [0, 0.05) is 33.2 Å². The van der Waals surface area contributed by atoms with E-state index in [2.05, 4.69) is 232 Å². The highest BCUT2D eigenvalue weighted by atomic mass is 16.5. The van der Waals surface area contributed by atoms with Gasteiger partial charge in [0.15, 0.2) is 5.82 Å². The van der Waals surface area contributed by atoms with E-state index in [9.17, 15) is 0 Å². The van der Waals surface area contributed by atoms with Crippen LogP contribution in [0.2, 0.25) is 0 Å². The van der Waals surface area contributed by atoms with Crippen LogP contribution in [0.5, 0.6) is 11.5 Å². The summed E-state index contributed by atoms with van der Waals surface area (Å²) in [7, 11) is 0. The molecule has 1 aliphatic heterocycles. The molecule has 13 rings (SSSR count). The molecule has 65 heavy (non-hydrogen) atoms. The van der Waals surface area contributed by atoms with Crippen molar-refractivity contribution in [2.75, 3.05) is 0 Å². The van der Waals surface area contributed by atoms with Gasteiger partial charge in [-0.25, -0.2) is 9.97 Å². The third-order valence-corrected chi connectivity index (χ3v) is 14.2. The fraction of sp³-hybridized carbons (Fsp3) is 0.0645. The van der Waals surface area contributed by atoms with Crippen LogP contribution < -0.4 is 4.74 Å². The summed E-state index contributed by atoms with van der Waals surface area (Å²) in [6.45, 7) is 4.73. The molecule has 306 valence electrons. The van der Waals surface area contributed by atoms with Gasteiger partial charge in [0.05, 0.1) is 16.8 Å². The van der Waals surface area contributed by atoms with Crippen LogP contribution >= 0.6 is 0 Å². The molecule has 2 heterocycles. The monoisotopic (exact) mass is 830 g/mol. The Bertz CT molecular complexity index is 3650. The molecule has 1 aliphatic carbocycles. The minimum absolute atomic E-state index is 0.243. The van der Waals surface area contributed by atoms with Crippen LogP contribution in [0.15, 0.2) is 218 Å². The molecule has 0 bridgehead atoms. The average molecular weight is 831 g/mol. The van der Waals surface area contributed by atoms with E-state index in [1.165, 1.54) is 54.6 Å². The van der Waals surface area contributed by atoms with Gasteiger partial charge in [0.25, 0.3) is 0 Å². The van der Waals surface area contributed by atoms with Gasteiger partial charge in [0.1, 0.15) is 11.5 Å². The molecule has 0 saturated heterocycles. The van der Waals surface area contributed by atoms with Crippen molar-refractivity contribution in [3.8, 4) is 56.5 Å². The molecule has 0 amide bonds. The van der Waals surface area contributed by atoms with E-state index < -0.39 is 5.41 Å². The molecular formula is C62H42N2O. The second-order valence-corrected chi connectivity index (χ2v) is 18.0. The number of fused-ring (bicyclic) bond motifs is 14. The van der Waals surface area contributed by atoms with Crippen molar-refractivity contribution < 1.29 is 4.74 Å². The SMILES string of the molecule is CC1(C)c2ccccc2C2(c3ccccc3Oc3ccccc32)c2cc(-c3cccc(-c4cc(-c5ccccc5)nc(-c5ccc6c7ccccc7c7ccccc7c6c5)n4)c3)ccc21. The third-order valence-electron chi connectivity index (χ3n) is 14.2. The number of benzene rings is 10. The third kappa shape index (κ3) is 5.55. The first-order valence-corrected chi connectivity index (χ1v) is 22.5. The molecule has 2 aliphatic rings. The van der Waals surface area contributed by atoms with E-state index in [0.717, 1.165) is 61.8 Å². The lowest BCUT2D eigenvalue weighted by Crippen LogP contribution is -2.43. The van der Waals surface area contributed by atoms with Crippen LogP contribution in [0.3, 0.4) is 0 Å². The van der Waals surface area contributed by atoms with Crippen molar-refractivity contribution >= 4 is 32.3 Å². The zero-order valence-corrected chi connectivity index (χ0v) is 36.1. The lowest BCUT2D eigenvalue weighted by molar-refractivity contribution is 0.425. The number of para-hydroxylation sites is 2. The van der Waals surface area contributed by atoms with Crippen molar-refractivity contribution in [1.29, 1.82) is 0 Å². The van der Waals surface area contributed by atoms with Gasteiger partial charge in [-0.15, -0.1) is 0 Å². The molecule has 0 N–H and O–H groups in total. The van der Waals surface area contributed by atoms with Gasteiger partial charge in [-0.2, -0.15) is 0 Å². The summed E-state index contributed by atoms with van der Waals surface area (Å²) in [5.74, 6) is 2.47. The molecule has 0 fully saturated rings. The summed E-state index contributed by atoms with van der Waals surface area (Å²) in [5.41, 5.74) is 13.8. The maximum atomic E-state index is 6.69. The fourth-order valence-electron chi connectivity index (χ4n) is 11.2. The maximum Gasteiger partial charge on any atom is 0.160 e. The average Bonchev–Trinajstić information content (AvgIpc) is 3.37. The Balaban J connectivity index is 0.999. The zero-order chi connectivity index (χ0) is 43.3. The summed E-state index contributed by atoms with van der Waals surface area (Å²) in [4.78, 5) is 10.7. The molecule has 10 aromatic carbocycles. The molecular weight excluding hydrogens is 789 g/mol. The van der Waals surface area contributed by atoms with Gasteiger partial charge >= 0.3 is 0 Å². The quantitative estimate of drug-likeness (QED) is 0.166. The number of nitrogens with zero attached hydrogens (tertiary/aromatic N) is 2. The second-order valence-electron chi connectivity index (χ2n) is 18.0. The Morgan fingerprint density at radius 1 is 0.308 bits per heavy atom. The van der Waals surface area contributed by atoms with Gasteiger partial charge in [-0.3, -0.25) is 0 Å². The topological polar surface area (TPSA) is 35.0 Å². The predicted octanol–water partition coefficient (Wildman–Crippen LogP) is 15.7. The van der Waals surface area contributed by atoms with E-state index in [4.69, 9.17) is 14.7 Å². The number of hydrogen-bond acceptors (Lipinski definition) is 3. The summed E-state index contributed by atoms with van der Waals surface area (Å²) in [5, 5.41) is 7.39. The summed E-state index contributed by atoms with van der Waals surface area (Å²) in [6.07, 6.45) is 0. The van der Waals surface area contributed by atoms with Crippen LogP contribution in [0.25, 0.3) is 77.3 Å². The summed E-state index contributed by atoms with van der Waals surface area (Å²) >= 11 is 0. The van der Waals surface area contributed by atoms with E-state index in [0.29, 0.717) is 5.82 Å². The first kappa shape index (κ1) is 37.4. The molecule has 3 heteroatoms. The normalized spacial score (nSPS) is 14.1. The largest absolute Gasteiger partial charge is 0.457 e. The first-order chi connectivity index (χ1) is 32.0. The van der Waals surface area contributed by atoms with Crippen LogP contribution in [0.4, 0.5) is 0 Å².